The summed E-state index contributed by atoms with van der Waals surface area (Å²) in [7, 11) is 5.72. The molecule has 0 aromatic heterocycles. The molecule has 6 nitrogen and oxygen atoms in total. The lowest BCUT2D eigenvalue weighted by Gasteiger charge is -2.13. The van der Waals surface area contributed by atoms with Gasteiger partial charge in [0.05, 0.1) is 28.4 Å². The van der Waals surface area contributed by atoms with Gasteiger partial charge in [-0.3, -0.25) is 4.79 Å². The molecule has 0 bridgehead atoms. The van der Waals surface area contributed by atoms with Crippen molar-refractivity contribution >= 4 is 11.9 Å². The molecular weight excluding hydrogens is 343 g/mol. The van der Waals surface area contributed by atoms with E-state index in [2.05, 4.69) is 0 Å². The Kier molecular flexibility index (Phi) is 4.71. The van der Waals surface area contributed by atoms with Gasteiger partial charge in [0.15, 0.2) is 28.8 Å². The first-order chi connectivity index (χ1) is 12.5. The molecule has 1 heterocycles. The topological polar surface area (TPSA) is 63.2 Å². The van der Waals surface area contributed by atoms with Crippen molar-refractivity contribution in [2.75, 3.05) is 28.4 Å². The van der Waals surface area contributed by atoms with Crippen LogP contribution in [0.4, 0.5) is 4.39 Å². The molecule has 0 aliphatic carbocycles. The van der Waals surface area contributed by atoms with E-state index >= 15 is 0 Å². The number of halogens is 1. The van der Waals surface area contributed by atoms with Crippen molar-refractivity contribution in [3.63, 3.8) is 0 Å². The van der Waals surface area contributed by atoms with Crippen LogP contribution in [0.25, 0.3) is 6.08 Å². The first-order valence-electron chi connectivity index (χ1n) is 7.64. The molecular formula is C19H17FO6. The van der Waals surface area contributed by atoms with Crippen molar-refractivity contribution in [1.29, 1.82) is 0 Å². The maximum atomic E-state index is 13.9. The molecule has 26 heavy (non-hydrogen) atoms. The van der Waals surface area contributed by atoms with Gasteiger partial charge >= 0.3 is 0 Å². The van der Waals surface area contributed by atoms with E-state index in [0.717, 1.165) is 0 Å². The molecule has 0 unspecified atom stereocenters. The highest BCUT2D eigenvalue weighted by Crippen LogP contribution is 2.49. The zero-order chi connectivity index (χ0) is 18.8. The van der Waals surface area contributed by atoms with Gasteiger partial charge in [-0.25, -0.2) is 4.39 Å². The second kappa shape index (κ2) is 6.95. The number of methoxy groups -OCH3 is 4. The summed E-state index contributed by atoms with van der Waals surface area (Å²) >= 11 is 0. The SMILES string of the molecule is COc1ccc(/C=C2/Oc3cc(OC)c(OC)c(OC)c3C2=O)cc1F. The van der Waals surface area contributed by atoms with E-state index in [-0.39, 0.29) is 28.6 Å². The van der Waals surface area contributed by atoms with E-state index in [0.29, 0.717) is 17.1 Å². The van der Waals surface area contributed by atoms with Crippen molar-refractivity contribution in [2.45, 2.75) is 0 Å². The van der Waals surface area contributed by atoms with E-state index in [1.807, 2.05) is 0 Å². The van der Waals surface area contributed by atoms with Crippen LogP contribution in [0, 0.1) is 5.82 Å². The molecule has 0 atom stereocenters. The average Bonchev–Trinajstić information content (AvgIpc) is 2.95. The molecule has 1 aliphatic heterocycles. The average molecular weight is 360 g/mol. The summed E-state index contributed by atoms with van der Waals surface area (Å²) in [5.74, 6) is 0.388. The zero-order valence-electron chi connectivity index (χ0n) is 14.7. The third-order valence-corrected chi connectivity index (χ3v) is 3.94. The monoisotopic (exact) mass is 360 g/mol. The highest BCUT2D eigenvalue weighted by atomic mass is 19.1. The number of ether oxygens (including phenoxy) is 5. The van der Waals surface area contributed by atoms with E-state index in [1.165, 1.54) is 46.6 Å². The summed E-state index contributed by atoms with van der Waals surface area (Å²) in [6, 6.07) is 5.89. The van der Waals surface area contributed by atoms with Gasteiger partial charge in [0, 0.05) is 6.07 Å². The van der Waals surface area contributed by atoms with Crippen LogP contribution < -0.4 is 23.7 Å². The molecule has 136 valence electrons. The van der Waals surface area contributed by atoms with Crippen molar-refractivity contribution < 1.29 is 32.9 Å². The van der Waals surface area contributed by atoms with Gasteiger partial charge in [0.1, 0.15) is 11.3 Å². The number of carbonyl (C=O) groups is 1. The number of benzene rings is 2. The Balaban J connectivity index is 2.06. The number of hydrogen-bond acceptors (Lipinski definition) is 6. The van der Waals surface area contributed by atoms with Crippen molar-refractivity contribution in [2.24, 2.45) is 0 Å². The second-order valence-corrected chi connectivity index (χ2v) is 5.35. The van der Waals surface area contributed by atoms with Crippen molar-refractivity contribution in [1.82, 2.24) is 0 Å². The largest absolute Gasteiger partial charge is 0.494 e. The van der Waals surface area contributed by atoms with Gasteiger partial charge in [0.25, 0.3) is 0 Å². The maximum absolute atomic E-state index is 13.9. The standard InChI is InChI=1S/C19H17FO6/c1-22-12-6-5-10(7-11(12)20)8-14-17(21)16-13(26-14)9-15(23-2)18(24-3)19(16)25-4/h5-9H,1-4H3/b14-8+. The van der Waals surface area contributed by atoms with Crippen molar-refractivity contribution in [3.8, 4) is 28.7 Å². The zero-order valence-corrected chi connectivity index (χ0v) is 14.7. The third-order valence-electron chi connectivity index (χ3n) is 3.94. The number of Topliss-reactive ketones (excluding diaryl/α,β-unsaturated/α-hetero) is 1. The van der Waals surface area contributed by atoms with Crippen LogP contribution >= 0.6 is 0 Å². The molecule has 0 saturated carbocycles. The lowest BCUT2D eigenvalue weighted by atomic mass is 10.1. The smallest absolute Gasteiger partial charge is 0.235 e. The van der Waals surface area contributed by atoms with Gasteiger partial charge in [-0.15, -0.1) is 0 Å². The predicted octanol–water partition coefficient (Wildman–Crippen LogP) is 3.48. The summed E-state index contributed by atoms with van der Waals surface area (Å²) in [6.07, 6.45) is 1.45. The molecule has 3 rings (SSSR count). The van der Waals surface area contributed by atoms with Crippen LogP contribution in [0.5, 0.6) is 28.7 Å². The molecule has 1 aliphatic rings. The number of hydrogen-bond donors (Lipinski definition) is 0. The Morgan fingerprint density at radius 1 is 0.923 bits per heavy atom. The highest BCUT2D eigenvalue weighted by molar-refractivity contribution is 6.16. The van der Waals surface area contributed by atoms with Crippen LogP contribution in [-0.2, 0) is 0 Å². The summed E-state index contributed by atoms with van der Waals surface area (Å²) in [5.41, 5.74) is 0.683. The summed E-state index contributed by atoms with van der Waals surface area (Å²) in [4.78, 5) is 12.8. The molecule has 0 saturated heterocycles. The first-order valence-corrected chi connectivity index (χ1v) is 7.64. The Bertz CT molecular complexity index is 903. The lowest BCUT2D eigenvalue weighted by molar-refractivity contribution is 0.101. The van der Waals surface area contributed by atoms with E-state index in [1.54, 1.807) is 12.1 Å². The molecule has 0 spiro atoms. The van der Waals surface area contributed by atoms with Gasteiger partial charge in [-0.05, 0) is 23.8 Å². The third kappa shape index (κ3) is 2.81. The summed E-state index contributed by atoms with van der Waals surface area (Å²) < 4.78 is 40.3. The van der Waals surface area contributed by atoms with Crippen LogP contribution in [0.15, 0.2) is 30.0 Å². The fourth-order valence-corrected chi connectivity index (χ4v) is 2.74. The molecule has 2 aromatic carbocycles. The van der Waals surface area contributed by atoms with E-state index in [4.69, 9.17) is 23.7 Å². The fourth-order valence-electron chi connectivity index (χ4n) is 2.74. The van der Waals surface area contributed by atoms with Gasteiger partial charge < -0.3 is 23.7 Å². The minimum Gasteiger partial charge on any atom is -0.494 e. The molecule has 0 fully saturated rings. The molecule has 7 heteroatoms. The molecule has 0 amide bonds. The summed E-state index contributed by atoms with van der Waals surface area (Å²) in [6.45, 7) is 0. The molecule has 2 aromatic rings. The van der Waals surface area contributed by atoms with Gasteiger partial charge in [-0.2, -0.15) is 0 Å². The summed E-state index contributed by atoms with van der Waals surface area (Å²) in [5, 5.41) is 0. The number of carbonyl (C=O) groups excluding carboxylic acids is 1. The minimum absolute atomic E-state index is 0.0400. The van der Waals surface area contributed by atoms with E-state index < -0.39 is 11.6 Å². The van der Waals surface area contributed by atoms with Crippen LogP contribution in [0.1, 0.15) is 15.9 Å². The lowest BCUT2D eigenvalue weighted by Crippen LogP contribution is -2.02. The second-order valence-electron chi connectivity index (χ2n) is 5.35. The fraction of sp³-hybridized carbons (Fsp3) is 0.211. The highest BCUT2D eigenvalue weighted by Gasteiger charge is 2.35. The van der Waals surface area contributed by atoms with Crippen molar-refractivity contribution in [3.05, 3.63) is 47.0 Å². The van der Waals surface area contributed by atoms with Gasteiger partial charge in [-0.1, -0.05) is 6.07 Å². The number of allylic oxidation sites excluding steroid dienone is 1. The quantitative estimate of drug-likeness (QED) is 0.761. The van der Waals surface area contributed by atoms with Gasteiger partial charge in [0.2, 0.25) is 11.5 Å². The Morgan fingerprint density at radius 2 is 1.62 bits per heavy atom. The van der Waals surface area contributed by atoms with Crippen LogP contribution in [-0.4, -0.2) is 34.2 Å². The predicted molar refractivity (Wildman–Crippen MR) is 92.0 cm³/mol. The number of fused-ring (bicyclic) bond motifs is 1. The Hall–Kier alpha value is -3.22. The maximum Gasteiger partial charge on any atom is 0.235 e. The Morgan fingerprint density at radius 3 is 2.19 bits per heavy atom. The molecule has 0 radical (unpaired) electrons. The normalized spacial score (nSPS) is 14.0. The van der Waals surface area contributed by atoms with Crippen LogP contribution in [0.2, 0.25) is 0 Å². The minimum atomic E-state index is -0.536. The first kappa shape index (κ1) is 17.6. The molecule has 0 N–H and O–H groups in total. The number of rotatable bonds is 5. The van der Waals surface area contributed by atoms with E-state index in [9.17, 15) is 9.18 Å². The van der Waals surface area contributed by atoms with Crippen LogP contribution in [0.3, 0.4) is 0 Å². The Labute approximate surface area is 149 Å². The number of ketones is 1.